The zero-order chi connectivity index (χ0) is 10.1. The first-order chi connectivity index (χ1) is 6.68. The third-order valence-electron chi connectivity index (χ3n) is 2.32. The van der Waals surface area contributed by atoms with Gasteiger partial charge in [-0.15, -0.1) is 11.3 Å². The fourth-order valence-corrected chi connectivity index (χ4v) is 2.30. The predicted octanol–water partition coefficient (Wildman–Crippen LogP) is 1.06. The molecule has 1 atom stereocenters. The van der Waals surface area contributed by atoms with Gasteiger partial charge in [0.15, 0.2) is 0 Å². The summed E-state index contributed by atoms with van der Waals surface area (Å²) in [5.74, 6) is -0.661. The minimum absolute atomic E-state index is 0.0435. The molecule has 1 aliphatic rings. The van der Waals surface area contributed by atoms with Gasteiger partial charge >= 0.3 is 0 Å². The van der Waals surface area contributed by atoms with Crippen molar-refractivity contribution in [1.29, 1.82) is 0 Å². The Morgan fingerprint density at radius 2 is 2.50 bits per heavy atom. The molecule has 1 amide bonds. The summed E-state index contributed by atoms with van der Waals surface area (Å²) in [5, 5.41) is 1.58. The highest BCUT2D eigenvalue weighted by atomic mass is 32.1. The molecule has 0 saturated carbocycles. The molecule has 3 nitrogen and oxygen atoms in total. The number of nitrogens with two attached hydrogens (primary N) is 1. The molecule has 2 rings (SSSR count). The number of rotatable bonds is 1. The molecule has 1 saturated heterocycles. The summed E-state index contributed by atoms with van der Waals surface area (Å²) in [6.45, 7) is 1.17. The molecule has 0 radical (unpaired) electrons. The van der Waals surface area contributed by atoms with Gasteiger partial charge in [-0.3, -0.25) is 4.79 Å². The monoisotopic (exact) mass is 214 g/mol. The molecule has 1 aromatic heterocycles. The number of carbonyl (C=O) groups is 1. The molecule has 0 unspecified atom stereocenters. The van der Waals surface area contributed by atoms with Crippen molar-refractivity contribution in [1.82, 2.24) is 4.90 Å². The Morgan fingerprint density at radius 1 is 1.71 bits per heavy atom. The lowest BCUT2D eigenvalue weighted by molar-refractivity contribution is 0.0791. The van der Waals surface area contributed by atoms with Crippen molar-refractivity contribution < 1.29 is 9.18 Å². The third-order valence-corrected chi connectivity index (χ3v) is 3.20. The molecule has 14 heavy (non-hydrogen) atoms. The Labute approximate surface area is 85.3 Å². The van der Waals surface area contributed by atoms with E-state index in [0.717, 1.165) is 17.8 Å². The van der Waals surface area contributed by atoms with Crippen molar-refractivity contribution >= 4 is 17.2 Å². The van der Waals surface area contributed by atoms with E-state index in [1.807, 2.05) is 0 Å². The van der Waals surface area contributed by atoms with Crippen LogP contribution in [0, 0.1) is 5.82 Å². The molecular weight excluding hydrogens is 203 g/mol. The second-order valence-corrected chi connectivity index (χ2v) is 4.31. The van der Waals surface area contributed by atoms with Crippen LogP contribution in [0.5, 0.6) is 0 Å². The summed E-state index contributed by atoms with van der Waals surface area (Å²) in [7, 11) is 0. The van der Waals surface area contributed by atoms with Crippen molar-refractivity contribution in [2.75, 3.05) is 13.1 Å². The zero-order valence-electron chi connectivity index (χ0n) is 7.57. The second-order valence-electron chi connectivity index (χ2n) is 3.40. The van der Waals surface area contributed by atoms with E-state index in [9.17, 15) is 9.18 Å². The van der Waals surface area contributed by atoms with E-state index in [1.165, 1.54) is 6.07 Å². The van der Waals surface area contributed by atoms with Crippen LogP contribution in [0.3, 0.4) is 0 Å². The number of likely N-dealkylation sites (tertiary alicyclic amines) is 1. The maximum absolute atomic E-state index is 13.1. The van der Waals surface area contributed by atoms with E-state index in [0.29, 0.717) is 13.1 Å². The van der Waals surface area contributed by atoms with Crippen LogP contribution in [0.15, 0.2) is 11.4 Å². The number of hydrogen-bond acceptors (Lipinski definition) is 3. The van der Waals surface area contributed by atoms with E-state index in [2.05, 4.69) is 0 Å². The van der Waals surface area contributed by atoms with E-state index >= 15 is 0 Å². The average Bonchev–Trinajstić information content (AvgIpc) is 2.73. The van der Waals surface area contributed by atoms with Crippen LogP contribution in [0.1, 0.15) is 16.1 Å². The molecule has 0 spiro atoms. The van der Waals surface area contributed by atoms with Crippen LogP contribution in [0.2, 0.25) is 0 Å². The molecule has 2 heterocycles. The lowest BCUT2D eigenvalue weighted by Crippen LogP contribution is -2.31. The smallest absolute Gasteiger partial charge is 0.266 e. The SMILES string of the molecule is N[C@H]1CCN(C(=O)c2sccc2F)C1. The van der Waals surface area contributed by atoms with Gasteiger partial charge in [0.2, 0.25) is 0 Å². The molecule has 1 fully saturated rings. The largest absolute Gasteiger partial charge is 0.336 e. The standard InChI is InChI=1S/C9H11FN2OS/c10-7-2-4-14-8(7)9(13)12-3-1-6(11)5-12/h2,4,6H,1,3,5,11H2/t6-/m0/s1. The Bertz CT molecular complexity index is 352. The van der Waals surface area contributed by atoms with Gasteiger partial charge in [0, 0.05) is 19.1 Å². The molecule has 1 aromatic rings. The van der Waals surface area contributed by atoms with Crippen LogP contribution in [-0.4, -0.2) is 29.9 Å². The van der Waals surface area contributed by atoms with Crippen molar-refractivity contribution in [3.05, 3.63) is 22.1 Å². The van der Waals surface area contributed by atoms with Crippen molar-refractivity contribution in [3.8, 4) is 0 Å². The molecule has 0 bridgehead atoms. The Morgan fingerprint density at radius 3 is 3.00 bits per heavy atom. The van der Waals surface area contributed by atoms with Crippen LogP contribution in [0.25, 0.3) is 0 Å². The number of nitrogens with zero attached hydrogens (tertiary/aromatic N) is 1. The highest BCUT2D eigenvalue weighted by molar-refractivity contribution is 7.12. The lowest BCUT2D eigenvalue weighted by atomic mass is 10.3. The number of hydrogen-bond donors (Lipinski definition) is 1. The van der Waals surface area contributed by atoms with Gasteiger partial charge in [0.25, 0.3) is 5.91 Å². The van der Waals surface area contributed by atoms with E-state index < -0.39 is 5.82 Å². The van der Waals surface area contributed by atoms with Gasteiger partial charge in [-0.1, -0.05) is 0 Å². The minimum atomic E-state index is -0.430. The Balaban J connectivity index is 2.13. The van der Waals surface area contributed by atoms with Crippen molar-refractivity contribution in [3.63, 3.8) is 0 Å². The highest BCUT2D eigenvalue weighted by Gasteiger charge is 2.26. The van der Waals surface area contributed by atoms with Gasteiger partial charge < -0.3 is 10.6 Å². The molecular formula is C9H11FN2OS. The fraction of sp³-hybridized carbons (Fsp3) is 0.444. The average molecular weight is 214 g/mol. The zero-order valence-corrected chi connectivity index (χ0v) is 8.39. The summed E-state index contributed by atoms with van der Waals surface area (Å²) in [6.07, 6.45) is 0.804. The molecule has 76 valence electrons. The first kappa shape index (κ1) is 9.61. The van der Waals surface area contributed by atoms with Gasteiger partial charge in [-0.25, -0.2) is 4.39 Å². The van der Waals surface area contributed by atoms with Crippen molar-refractivity contribution in [2.24, 2.45) is 5.73 Å². The van der Waals surface area contributed by atoms with Crippen LogP contribution in [-0.2, 0) is 0 Å². The quantitative estimate of drug-likeness (QED) is 0.759. The highest BCUT2D eigenvalue weighted by Crippen LogP contribution is 2.19. The normalized spacial score (nSPS) is 21.6. The Kier molecular flexibility index (Phi) is 2.52. The summed E-state index contributed by atoms with van der Waals surface area (Å²) in [5.41, 5.74) is 5.67. The number of halogens is 1. The van der Waals surface area contributed by atoms with Crippen LogP contribution < -0.4 is 5.73 Å². The predicted molar refractivity (Wildman–Crippen MR) is 52.8 cm³/mol. The summed E-state index contributed by atoms with van der Waals surface area (Å²) in [4.78, 5) is 13.5. The lowest BCUT2D eigenvalue weighted by Gasteiger charge is -2.14. The van der Waals surface area contributed by atoms with E-state index in [-0.39, 0.29) is 16.8 Å². The maximum atomic E-state index is 13.1. The number of amides is 1. The van der Waals surface area contributed by atoms with Crippen molar-refractivity contribution in [2.45, 2.75) is 12.5 Å². The summed E-state index contributed by atoms with van der Waals surface area (Å²) < 4.78 is 13.1. The van der Waals surface area contributed by atoms with E-state index in [4.69, 9.17) is 5.73 Å². The topological polar surface area (TPSA) is 46.3 Å². The number of thiophene rings is 1. The summed E-state index contributed by atoms with van der Waals surface area (Å²) in [6, 6.07) is 1.36. The second kappa shape index (κ2) is 3.67. The minimum Gasteiger partial charge on any atom is -0.336 e. The molecule has 0 aliphatic carbocycles. The maximum Gasteiger partial charge on any atom is 0.266 e. The molecule has 2 N–H and O–H groups in total. The van der Waals surface area contributed by atoms with Gasteiger partial charge in [0.05, 0.1) is 0 Å². The van der Waals surface area contributed by atoms with Gasteiger partial charge in [-0.2, -0.15) is 0 Å². The summed E-state index contributed by atoms with van der Waals surface area (Å²) >= 11 is 1.14. The fourth-order valence-electron chi connectivity index (χ4n) is 1.56. The van der Waals surface area contributed by atoms with Gasteiger partial charge in [0.1, 0.15) is 10.7 Å². The first-order valence-corrected chi connectivity index (χ1v) is 5.34. The first-order valence-electron chi connectivity index (χ1n) is 4.46. The number of carbonyl (C=O) groups excluding carboxylic acids is 1. The van der Waals surface area contributed by atoms with Crippen LogP contribution >= 0.6 is 11.3 Å². The molecule has 0 aromatic carbocycles. The van der Waals surface area contributed by atoms with Crippen LogP contribution in [0.4, 0.5) is 4.39 Å². The molecule has 5 heteroatoms. The molecule has 1 aliphatic heterocycles. The van der Waals surface area contributed by atoms with Gasteiger partial charge in [-0.05, 0) is 17.9 Å². The Hall–Kier alpha value is -0.940. The van der Waals surface area contributed by atoms with E-state index in [1.54, 1.807) is 10.3 Å². The third kappa shape index (κ3) is 1.65.